The average molecular weight is 329 g/mol. The summed E-state index contributed by atoms with van der Waals surface area (Å²) >= 11 is 0. The summed E-state index contributed by atoms with van der Waals surface area (Å²) in [5, 5.41) is 19.8. The minimum absolute atomic E-state index is 0. The van der Waals surface area contributed by atoms with E-state index in [1.54, 1.807) is 18.2 Å². The van der Waals surface area contributed by atoms with Gasteiger partial charge in [-0.05, 0) is 30.9 Å². The third-order valence-electron chi connectivity index (χ3n) is 4.95. The molecule has 2 aliphatic rings. The Morgan fingerprint density at radius 3 is 2.38 bits per heavy atom. The molecule has 1 heterocycles. The first kappa shape index (κ1) is 16.8. The van der Waals surface area contributed by atoms with Gasteiger partial charge in [-0.2, -0.15) is 0 Å². The SMILES string of the molecule is Oc1ccc(O)c([S+]2CCCC(C3CCCCC3)C2)c1.[Cl-]. The predicted octanol–water partition coefficient (Wildman–Crippen LogP) is 1.07. The van der Waals surface area contributed by atoms with Gasteiger partial charge in [0.1, 0.15) is 17.3 Å². The second kappa shape index (κ2) is 7.64. The van der Waals surface area contributed by atoms with E-state index in [0.29, 0.717) is 5.75 Å². The van der Waals surface area contributed by atoms with Gasteiger partial charge in [-0.15, -0.1) is 0 Å². The van der Waals surface area contributed by atoms with Crippen molar-refractivity contribution in [1.29, 1.82) is 0 Å². The number of benzene rings is 1. The number of aromatic hydroxyl groups is 2. The normalized spacial score (nSPS) is 27.0. The van der Waals surface area contributed by atoms with Gasteiger partial charge in [0.25, 0.3) is 0 Å². The highest BCUT2D eigenvalue weighted by molar-refractivity contribution is 7.97. The monoisotopic (exact) mass is 328 g/mol. The van der Waals surface area contributed by atoms with Crippen molar-refractivity contribution in [3.05, 3.63) is 18.2 Å². The molecule has 2 N–H and O–H groups in total. The van der Waals surface area contributed by atoms with Crippen LogP contribution in [0.1, 0.15) is 44.9 Å². The number of phenolic OH excluding ortho intramolecular Hbond substituents is 2. The fourth-order valence-corrected chi connectivity index (χ4v) is 6.54. The van der Waals surface area contributed by atoms with Gasteiger partial charge >= 0.3 is 0 Å². The molecule has 2 fully saturated rings. The fourth-order valence-electron chi connectivity index (χ4n) is 3.86. The molecule has 2 unspecified atom stereocenters. The van der Waals surface area contributed by atoms with Crippen molar-refractivity contribution in [2.75, 3.05) is 11.5 Å². The van der Waals surface area contributed by atoms with Crippen LogP contribution in [0.2, 0.25) is 0 Å². The topological polar surface area (TPSA) is 40.5 Å². The Balaban J connectivity index is 0.00000161. The lowest BCUT2D eigenvalue weighted by molar-refractivity contribution is -0.00000624. The lowest BCUT2D eigenvalue weighted by Gasteiger charge is -2.32. The number of halogens is 1. The Labute approximate surface area is 136 Å². The molecule has 4 heteroatoms. The summed E-state index contributed by atoms with van der Waals surface area (Å²) in [5.74, 6) is 4.82. The second-order valence-corrected chi connectivity index (χ2v) is 8.48. The van der Waals surface area contributed by atoms with Gasteiger partial charge in [-0.25, -0.2) is 0 Å². The van der Waals surface area contributed by atoms with E-state index in [0.717, 1.165) is 16.7 Å². The summed E-state index contributed by atoms with van der Waals surface area (Å²) < 4.78 is 0. The third-order valence-corrected chi connectivity index (χ3v) is 7.51. The van der Waals surface area contributed by atoms with E-state index in [9.17, 15) is 10.2 Å². The van der Waals surface area contributed by atoms with Crippen LogP contribution < -0.4 is 12.4 Å². The van der Waals surface area contributed by atoms with E-state index < -0.39 is 0 Å². The first-order valence-electron chi connectivity index (χ1n) is 7.93. The van der Waals surface area contributed by atoms with E-state index in [4.69, 9.17) is 0 Å². The van der Waals surface area contributed by atoms with Crippen LogP contribution in [0.15, 0.2) is 23.1 Å². The molecule has 0 spiro atoms. The highest BCUT2D eigenvalue weighted by Crippen LogP contribution is 2.39. The van der Waals surface area contributed by atoms with Crippen molar-refractivity contribution < 1.29 is 22.6 Å². The Morgan fingerprint density at radius 1 is 0.905 bits per heavy atom. The molecule has 0 bridgehead atoms. The molecule has 1 aliphatic heterocycles. The summed E-state index contributed by atoms with van der Waals surface area (Å²) in [6, 6.07) is 4.99. The molecule has 0 aromatic heterocycles. The molecule has 118 valence electrons. The van der Waals surface area contributed by atoms with Gasteiger partial charge in [0, 0.05) is 22.9 Å². The quantitative estimate of drug-likeness (QED) is 0.630. The first-order chi connectivity index (χ1) is 9.74. The third kappa shape index (κ3) is 4.01. The van der Waals surface area contributed by atoms with Gasteiger partial charge in [-0.1, -0.05) is 32.1 Å². The van der Waals surface area contributed by atoms with E-state index in [1.165, 1.54) is 56.5 Å². The van der Waals surface area contributed by atoms with Crippen molar-refractivity contribution in [1.82, 2.24) is 0 Å². The molecule has 1 aliphatic carbocycles. The Morgan fingerprint density at radius 2 is 1.62 bits per heavy atom. The zero-order chi connectivity index (χ0) is 13.9. The lowest BCUT2D eigenvalue weighted by atomic mass is 9.79. The largest absolute Gasteiger partial charge is 1.00 e. The Hall–Kier alpha value is -0.540. The lowest BCUT2D eigenvalue weighted by Crippen LogP contribution is -3.00. The van der Waals surface area contributed by atoms with Crippen LogP contribution in [0.5, 0.6) is 11.5 Å². The van der Waals surface area contributed by atoms with Gasteiger partial charge < -0.3 is 22.6 Å². The van der Waals surface area contributed by atoms with Crippen LogP contribution in [0, 0.1) is 11.8 Å². The van der Waals surface area contributed by atoms with Crippen LogP contribution in [-0.4, -0.2) is 21.7 Å². The second-order valence-electron chi connectivity index (χ2n) is 6.32. The molecule has 0 radical (unpaired) electrons. The molecular weight excluding hydrogens is 304 g/mol. The maximum atomic E-state index is 10.1. The molecule has 2 atom stereocenters. The first-order valence-corrected chi connectivity index (χ1v) is 9.50. The van der Waals surface area contributed by atoms with Gasteiger partial charge in [0.05, 0.1) is 0 Å². The molecule has 0 amide bonds. The Bertz CT molecular complexity index is 460. The summed E-state index contributed by atoms with van der Waals surface area (Å²) in [5.41, 5.74) is 0. The molecule has 21 heavy (non-hydrogen) atoms. The number of phenols is 2. The van der Waals surface area contributed by atoms with Gasteiger partial charge in [0.15, 0.2) is 10.6 Å². The minimum Gasteiger partial charge on any atom is -1.00 e. The van der Waals surface area contributed by atoms with E-state index in [-0.39, 0.29) is 29.1 Å². The van der Waals surface area contributed by atoms with Crippen LogP contribution in [0.3, 0.4) is 0 Å². The van der Waals surface area contributed by atoms with Crippen molar-refractivity contribution >= 4 is 10.9 Å². The summed E-state index contributed by atoms with van der Waals surface area (Å²) in [6.07, 6.45) is 9.70. The van der Waals surface area contributed by atoms with E-state index in [1.807, 2.05) is 0 Å². The van der Waals surface area contributed by atoms with Crippen molar-refractivity contribution in [2.24, 2.45) is 11.8 Å². The summed E-state index contributed by atoms with van der Waals surface area (Å²) in [6.45, 7) is 0. The number of hydrogen-bond donors (Lipinski definition) is 2. The number of rotatable bonds is 2. The minimum atomic E-state index is 0. The predicted molar refractivity (Wildman–Crippen MR) is 84.4 cm³/mol. The number of hydrogen-bond acceptors (Lipinski definition) is 2. The van der Waals surface area contributed by atoms with Crippen molar-refractivity contribution in [3.63, 3.8) is 0 Å². The highest BCUT2D eigenvalue weighted by atomic mass is 35.5. The van der Waals surface area contributed by atoms with Crippen LogP contribution in [-0.2, 0) is 10.9 Å². The van der Waals surface area contributed by atoms with E-state index >= 15 is 0 Å². The average Bonchev–Trinajstić information content (AvgIpc) is 2.51. The zero-order valence-corrected chi connectivity index (χ0v) is 14.0. The highest BCUT2D eigenvalue weighted by Gasteiger charge is 2.37. The molecular formula is C17H25ClO2S. The fraction of sp³-hybridized carbons (Fsp3) is 0.647. The van der Waals surface area contributed by atoms with Crippen LogP contribution in [0.25, 0.3) is 0 Å². The molecule has 1 aromatic rings. The van der Waals surface area contributed by atoms with Gasteiger partial charge in [-0.3, -0.25) is 0 Å². The molecule has 2 nitrogen and oxygen atoms in total. The van der Waals surface area contributed by atoms with Crippen molar-refractivity contribution in [3.8, 4) is 11.5 Å². The van der Waals surface area contributed by atoms with Crippen LogP contribution >= 0.6 is 0 Å². The van der Waals surface area contributed by atoms with Crippen molar-refractivity contribution in [2.45, 2.75) is 49.8 Å². The molecule has 1 saturated heterocycles. The van der Waals surface area contributed by atoms with E-state index in [2.05, 4.69) is 0 Å². The Kier molecular flexibility index (Phi) is 6.12. The summed E-state index contributed by atoms with van der Waals surface area (Å²) in [4.78, 5) is 0.991. The smallest absolute Gasteiger partial charge is 0.200 e. The zero-order valence-electron chi connectivity index (χ0n) is 12.4. The summed E-state index contributed by atoms with van der Waals surface area (Å²) in [7, 11) is 0.128. The maximum Gasteiger partial charge on any atom is 0.200 e. The maximum absolute atomic E-state index is 10.1. The molecule has 1 saturated carbocycles. The molecule has 3 rings (SSSR count). The standard InChI is InChI=1S/C17H24O2S.ClH/c18-15-8-9-16(19)17(11-15)20-10-4-7-14(12-20)13-5-2-1-3-6-13;/h8-9,11,13-14H,1-7,10,12H2,(H-,18,19);1H. The van der Waals surface area contributed by atoms with Gasteiger partial charge in [0.2, 0.25) is 0 Å². The van der Waals surface area contributed by atoms with Crippen LogP contribution in [0.4, 0.5) is 0 Å². The molecule has 1 aromatic carbocycles.